The maximum atomic E-state index is 12.7. The number of hydrogen-bond acceptors (Lipinski definition) is 1. The quantitative estimate of drug-likeness (QED) is 0.646. The van der Waals surface area contributed by atoms with E-state index in [9.17, 15) is 4.79 Å². The summed E-state index contributed by atoms with van der Waals surface area (Å²) in [4.78, 5) is 12.7. The van der Waals surface area contributed by atoms with Crippen molar-refractivity contribution in [1.29, 1.82) is 0 Å². The van der Waals surface area contributed by atoms with Crippen LogP contribution in [0.25, 0.3) is 0 Å². The van der Waals surface area contributed by atoms with Gasteiger partial charge in [0.2, 0.25) is 5.91 Å². The Bertz CT molecular complexity index is 589. The minimum Gasteiger partial charge on any atom is -0.326 e. The first-order valence-corrected chi connectivity index (χ1v) is 10.2. The number of aryl methyl sites for hydroxylation is 1. The summed E-state index contributed by atoms with van der Waals surface area (Å²) >= 11 is 2.34. The molecule has 2 nitrogen and oxygen atoms in total. The Labute approximate surface area is 152 Å². The van der Waals surface area contributed by atoms with Crippen molar-refractivity contribution in [3.05, 3.63) is 27.3 Å². The molecule has 4 aliphatic rings. The lowest BCUT2D eigenvalue weighted by Gasteiger charge is -2.56. The van der Waals surface area contributed by atoms with E-state index in [2.05, 4.69) is 53.0 Å². The van der Waals surface area contributed by atoms with E-state index in [-0.39, 0.29) is 5.91 Å². The summed E-state index contributed by atoms with van der Waals surface area (Å²) in [7, 11) is 0. The number of hydrogen-bond donors (Lipinski definition) is 1. The Kier molecular flexibility index (Phi) is 4.19. The molecule has 0 unspecified atom stereocenters. The van der Waals surface area contributed by atoms with E-state index >= 15 is 0 Å². The summed E-state index contributed by atoms with van der Waals surface area (Å²) in [5.74, 6) is 2.98. The first-order valence-electron chi connectivity index (χ1n) is 9.13. The van der Waals surface area contributed by atoms with Crippen molar-refractivity contribution in [2.75, 3.05) is 5.32 Å². The summed E-state index contributed by atoms with van der Waals surface area (Å²) < 4.78 is 1.23. The lowest BCUT2D eigenvalue weighted by Crippen LogP contribution is -2.47. The lowest BCUT2D eigenvalue weighted by atomic mass is 9.49. The van der Waals surface area contributed by atoms with Gasteiger partial charge in [-0.3, -0.25) is 4.79 Å². The first kappa shape index (κ1) is 15.9. The summed E-state index contributed by atoms with van der Waals surface area (Å²) in [6, 6.07) is 6.33. The van der Waals surface area contributed by atoms with Crippen LogP contribution in [0.15, 0.2) is 18.2 Å². The monoisotopic (exact) mass is 423 g/mol. The molecule has 4 bridgehead atoms. The Morgan fingerprint density at radius 3 is 2.35 bits per heavy atom. The van der Waals surface area contributed by atoms with Crippen molar-refractivity contribution in [2.24, 2.45) is 23.2 Å². The Morgan fingerprint density at radius 2 is 1.78 bits per heavy atom. The molecular weight excluding hydrogens is 397 g/mol. The molecule has 1 aromatic carbocycles. The van der Waals surface area contributed by atoms with Crippen LogP contribution < -0.4 is 5.32 Å². The largest absolute Gasteiger partial charge is 0.326 e. The van der Waals surface area contributed by atoms with Gasteiger partial charge in [0.1, 0.15) is 0 Å². The van der Waals surface area contributed by atoms with Gasteiger partial charge in [-0.05, 0) is 114 Å². The van der Waals surface area contributed by atoms with E-state index in [1.54, 1.807) is 0 Å². The average molecular weight is 423 g/mol. The van der Waals surface area contributed by atoms with Crippen LogP contribution in [0.5, 0.6) is 0 Å². The lowest BCUT2D eigenvalue weighted by molar-refractivity contribution is -0.124. The third-order valence-electron chi connectivity index (χ3n) is 6.42. The third kappa shape index (κ3) is 3.18. The molecule has 0 radical (unpaired) electrons. The van der Waals surface area contributed by atoms with E-state index in [0.29, 0.717) is 5.41 Å². The van der Waals surface area contributed by atoms with Crippen molar-refractivity contribution in [3.63, 3.8) is 0 Å². The molecule has 1 N–H and O–H groups in total. The number of halogens is 1. The van der Waals surface area contributed by atoms with Gasteiger partial charge in [0.05, 0.1) is 0 Å². The predicted octanol–water partition coefficient (Wildman–Crippen LogP) is 5.40. The molecule has 0 atom stereocenters. The number of carbonyl (C=O) groups is 1. The molecule has 0 saturated heterocycles. The number of anilines is 1. The van der Waals surface area contributed by atoms with Gasteiger partial charge in [0.15, 0.2) is 0 Å². The first-order chi connectivity index (χ1) is 11.0. The molecular formula is C20H26INO. The SMILES string of the molecule is CCc1cc(I)ccc1NC(=O)CC12CC3CC(CC(C3)C1)C2. The zero-order chi connectivity index (χ0) is 16.0. The highest BCUT2D eigenvalue weighted by molar-refractivity contribution is 14.1. The summed E-state index contributed by atoms with van der Waals surface area (Å²) in [5.41, 5.74) is 2.59. The van der Waals surface area contributed by atoms with Gasteiger partial charge >= 0.3 is 0 Å². The van der Waals surface area contributed by atoms with E-state index < -0.39 is 0 Å². The zero-order valence-corrected chi connectivity index (χ0v) is 16.1. The summed E-state index contributed by atoms with van der Waals surface area (Å²) in [6.45, 7) is 2.15. The number of rotatable bonds is 4. The second-order valence-electron chi connectivity index (χ2n) is 8.30. The molecule has 1 amide bonds. The number of benzene rings is 1. The predicted molar refractivity (Wildman–Crippen MR) is 102 cm³/mol. The highest BCUT2D eigenvalue weighted by Gasteiger charge is 2.51. The number of carbonyl (C=O) groups excluding carboxylic acids is 1. The van der Waals surface area contributed by atoms with Gasteiger partial charge in [-0.25, -0.2) is 0 Å². The molecule has 124 valence electrons. The third-order valence-corrected chi connectivity index (χ3v) is 7.09. The van der Waals surface area contributed by atoms with E-state index in [0.717, 1.165) is 36.3 Å². The van der Waals surface area contributed by atoms with Crippen LogP contribution in [-0.4, -0.2) is 5.91 Å². The van der Waals surface area contributed by atoms with Crippen molar-refractivity contribution in [2.45, 2.75) is 58.3 Å². The standard InChI is InChI=1S/C20H26INO/c1-2-16-8-17(21)3-4-18(16)22-19(23)12-20-9-13-5-14(10-20)7-15(6-13)11-20/h3-4,8,13-15H,2,5-7,9-12H2,1H3,(H,22,23). The Morgan fingerprint density at radius 1 is 1.17 bits per heavy atom. The molecule has 1 aromatic rings. The Balaban J connectivity index is 1.46. The minimum absolute atomic E-state index is 0.239. The van der Waals surface area contributed by atoms with Crippen molar-refractivity contribution < 1.29 is 4.79 Å². The van der Waals surface area contributed by atoms with E-state index in [1.165, 1.54) is 47.7 Å². The highest BCUT2D eigenvalue weighted by atomic mass is 127. The summed E-state index contributed by atoms with van der Waals surface area (Å²) in [6.07, 6.45) is 9.95. The molecule has 5 rings (SSSR count). The topological polar surface area (TPSA) is 29.1 Å². The maximum Gasteiger partial charge on any atom is 0.224 e. The van der Waals surface area contributed by atoms with Gasteiger partial charge < -0.3 is 5.32 Å². The normalized spacial score (nSPS) is 34.6. The maximum absolute atomic E-state index is 12.7. The Hall–Kier alpha value is -0.580. The second-order valence-corrected chi connectivity index (χ2v) is 9.54. The molecule has 0 heterocycles. The van der Waals surface area contributed by atoms with Crippen LogP contribution in [0.4, 0.5) is 5.69 Å². The highest BCUT2D eigenvalue weighted by Crippen LogP contribution is 2.61. The summed E-state index contributed by atoms with van der Waals surface area (Å²) in [5, 5.41) is 3.22. The van der Waals surface area contributed by atoms with E-state index in [1.807, 2.05) is 0 Å². The molecule has 4 saturated carbocycles. The smallest absolute Gasteiger partial charge is 0.224 e. The molecule has 0 aliphatic heterocycles. The van der Waals surface area contributed by atoms with Crippen LogP contribution in [0.2, 0.25) is 0 Å². The van der Waals surface area contributed by atoms with Gasteiger partial charge in [-0.1, -0.05) is 6.92 Å². The zero-order valence-electron chi connectivity index (χ0n) is 13.9. The molecule has 3 heteroatoms. The van der Waals surface area contributed by atoms with Crippen molar-refractivity contribution in [1.82, 2.24) is 0 Å². The fourth-order valence-electron chi connectivity index (χ4n) is 6.02. The van der Waals surface area contributed by atoms with Gasteiger partial charge in [-0.2, -0.15) is 0 Å². The van der Waals surface area contributed by atoms with Gasteiger partial charge in [-0.15, -0.1) is 0 Å². The number of nitrogens with one attached hydrogen (secondary N) is 1. The minimum atomic E-state index is 0.239. The molecule has 0 aromatic heterocycles. The van der Waals surface area contributed by atoms with Crippen LogP contribution >= 0.6 is 22.6 Å². The van der Waals surface area contributed by atoms with Crippen LogP contribution in [0.1, 0.15) is 57.4 Å². The average Bonchev–Trinajstić information content (AvgIpc) is 2.47. The van der Waals surface area contributed by atoms with Crippen LogP contribution in [0, 0.1) is 26.7 Å². The fraction of sp³-hybridized carbons (Fsp3) is 0.650. The second kappa shape index (κ2) is 6.05. The van der Waals surface area contributed by atoms with Crippen molar-refractivity contribution in [3.8, 4) is 0 Å². The van der Waals surface area contributed by atoms with Gasteiger partial charge in [0.25, 0.3) is 0 Å². The van der Waals surface area contributed by atoms with Gasteiger partial charge in [0, 0.05) is 15.7 Å². The molecule has 4 aliphatic carbocycles. The van der Waals surface area contributed by atoms with Crippen LogP contribution in [-0.2, 0) is 11.2 Å². The fourth-order valence-corrected chi connectivity index (χ4v) is 6.57. The number of amides is 1. The molecule has 0 spiro atoms. The van der Waals surface area contributed by atoms with Crippen molar-refractivity contribution >= 4 is 34.2 Å². The van der Waals surface area contributed by atoms with E-state index in [4.69, 9.17) is 0 Å². The molecule has 4 fully saturated rings. The van der Waals surface area contributed by atoms with Crippen LogP contribution in [0.3, 0.4) is 0 Å². The molecule has 23 heavy (non-hydrogen) atoms.